The molecule has 0 saturated carbocycles. The summed E-state index contributed by atoms with van der Waals surface area (Å²) in [4.78, 5) is 8.26. The zero-order valence-corrected chi connectivity index (χ0v) is 12.4. The predicted octanol–water partition coefficient (Wildman–Crippen LogP) is 4.43. The summed E-state index contributed by atoms with van der Waals surface area (Å²) in [6.07, 6.45) is 1.45. The molecule has 2 aromatic heterocycles. The number of nitrogens with two attached hydrogens (primary N) is 1. The first-order chi connectivity index (χ1) is 9.56. The highest BCUT2D eigenvalue weighted by Crippen LogP contribution is 2.34. The first-order valence-corrected chi connectivity index (χ1v) is 6.89. The van der Waals surface area contributed by atoms with Gasteiger partial charge in [0.05, 0.1) is 10.7 Å². The lowest BCUT2D eigenvalue weighted by molar-refractivity contribution is 0.637. The minimum Gasteiger partial charge on any atom is -0.384 e. The molecule has 0 spiro atoms. The van der Waals surface area contributed by atoms with Gasteiger partial charge in [-0.25, -0.2) is 14.4 Å². The molecule has 2 heterocycles. The van der Waals surface area contributed by atoms with Gasteiger partial charge < -0.3 is 5.73 Å². The monoisotopic (exact) mass is 351 g/mol. The normalized spacial score (nSPS) is 10.9. The number of para-hydroxylation sites is 1. The standard InChI is InChI=1S/C14H8BrClFN3/c15-9-4-7-2-1-3-11(17)13(7)20-14(9)8-5-12(18)19-6-10(8)16/h1-6H,(H2,18,19). The average molecular weight is 353 g/mol. The van der Waals surface area contributed by atoms with E-state index < -0.39 is 0 Å². The fourth-order valence-electron chi connectivity index (χ4n) is 1.96. The Morgan fingerprint density at radius 2 is 2.05 bits per heavy atom. The van der Waals surface area contributed by atoms with Gasteiger partial charge >= 0.3 is 0 Å². The Balaban J connectivity index is 2.33. The number of anilines is 1. The van der Waals surface area contributed by atoms with E-state index in [1.165, 1.54) is 12.3 Å². The third-order valence-electron chi connectivity index (χ3n) is 2.88. The average Bonchev–Trinajstić information content (AvgIpc) is 2.41. The third-order valence-corrected chi connectivity index (χ3v) is 3.79. The van der Waals surface area contributed by atoms with Crippen molar-refractivity contribution in [3.63, 3.8) is 0 Å². The number of aromatic nitrogens is 2. The molecule has 1 aromatic carbocycles. The second-order valence-corrected chi connectivity index (χ2v) is 5.48. The van der Waals surface area contributed by atoms with Crippen molar-refractivity contribution in [2.24, 2.45) is 0 Å². The molecule has 100 valence electrons. The summed E-state index contributed by atoms with van der Waals surface area (Å²) in [5.74, 6) is -0.0545. The molecule has 0 saturated heterocycles. The number of nitrogens with zero attached hydrogens (tertiary/aromatic N) is 2. The minimum absolute atomic E-state index is 0.289. The topological polar surface area (TPSA) is 51.8 Å². The maximum absolute atomic E-state index is 13.8. The molecule has 0 radical (unpaired) electrons. The van der Waals surface area contributed by atoms with Gasteiger partial charge in [-0.2, -0.15) is 0 Å². The lowest BCUT2D eigenvalue weighted by atomic mass is 10.1. The molecule has 0 aliphatic rings. The van der Waals surface area contributed by atoms with Gasteiger partial charge in [0.2, 0.25) is 0 Å². The Bertz CT molecular complexity index is 823. The summed E-state index contributed by atoms with van der Waals surface area (Å²) in [5.41, 5.74) is 7.10. The van der Waals surface area contributed by atoms with E-state index in [0.29, 0.717) is 32.0 Å². The lowest BCUT2D eigenvalue weighted by Crippen LogP contribution is -1.94. The molecule has 0 atom stereocenters. The van der Waals surface area contributed by atoms with Crippen LogP contribution in [0.5, 0.6) is 0 Å². The Morgan fingerprint density at radius 1 is 1.25 bits per heavy atom. The summed E-state index contributed by atoms with van der Waals surface area (Å²) in [5, 5.41) is 1.11. The number of hydrogen-bond acceptors (Lipinski definition) is 3. The van der Waals surface area contributed by atoms with E-state index in [1.54, 1.807) is 24.3 Å². The van der Waals surface area contributed by atoms with Crippen LogP contribution >= 0.6 is 27.5 Å². The van der Waals surface area contributed by atoms with Crippen LogP contribution in [0, 0.1) is 5.82 Å². The van der Waals surface area contributed by atoms with E-state index >= 15 is 0 Å². The van der Waals surface area contributed by atoms with E-state index in [9.17, 15) is 4.39 Å². The molecule has 2 N–H and O–H groups in total. The van der Waals surface area contributed by atoms with Gasteiger partial charge in [0.25, 0.3) is 0 Å². The van der Waals surface area contributed by atoms with Crippen molar-refractivity contribution in [3.8, 4) is 11.3 Å². The van der Waals surface area contributed by atoms with Gasteiger partial charge in [-0.1, -0.05) is 23.7 Å². The van der Waals surface area contributed by atoms with Crippen LogP contribution in [0.25, 0.3) is 22.2 Å². The molecule has 20 heavy (non-hydrogen) atoms. The third kappa shape index (κ3) is 2.23. The largest absolute Gasteiger partial charge is 0.384 e. The van der Waals surface area contributed by atoms with E-state index in [2.05, 4.69) is 25.9 Å². The highest BCUT2D eigenvalue weighted by molar-refractivity contribution is 9.10. The Labute approximate surface area is 127 Å². The number of fused-ring (bicyclic) bond motifs is 1. The highest BCUT2D eigenvalue weighted by Gasteiger charge is 2.13. The quantitative estimate of drug-likeness (QED) is 0.704. The molecule has 0 fully saturated rings. The van der Waals surface area contributed by atoms with Crippen LogP contribution in [0.15, 0.2) is 41.0 Å². The van der Waals surface area contributed by atoms with Gasteiger partial charge in [0, 0.05) is 21.6 Å². The molecule has 3 nitrogen and oxygen atoms in total. The lowest BCUT2D eigenvalue weighted by Gasteiger charge is -2.09. The molecule has 0 amide bonds. The summed E-state index contributed by atoms with van der Waals surface area (Å²) < 4.78 is 14.6. The smallest absolute Gasteiger partial charge is 0.149 e. The van der Waals surface area contributed by atoms with E-state index in [4.69, 9.17) is 17.3 Å². The van der Waals surface area contributed by atoms with Gasteiger partial charge in [0.15, 0.2) is 0 Å². The second-order valence-electron chi connectivity index (χ2n) is 4.22. The summed E-state index contributed by atoms with van der Waals surface area (Å²) >= 11 is 9.55. The highest BCUT2D eigenvalue weighted by atomic mass is 79.9. The molecular formula is C14H8BrClFN3. The van der Waals surface area contributed by atoms with Crippen molar-refractivity contribution in [1.29, 1.82) is 0 Å². The van der Waals surface area contributed by atoms with Crippen LogP contribution in [0.3, 0.4) is 0 Å². The summed E-state index contributed by atoms with van der Waals surface area (Å²) in [6, 6.07) is 8.22. The van der Waals surface area contributed by atoms with Crippen molar-refractivity contribution in [2.45, 2.75) is 0 Å². The maximum atomic E-state index is 13.8. The number of halogens is 3. The van der Waals surface area contributed by atoms with Crippen molar-refractivity contribution in [3.05, 3.63) is 51.8 Å². The number of nitrogen functional groups attached to an aromatic ring is 1. The summed E-state index contributed by atoms with van der Waals surface area (Å²) in [7, 11) is 0. The SMILES string of the molecule is Nc1cc(-c2nc3c(F)cccc3cc2Br)c(Cl)cn1. The zero-order valence-electron chi connectivity index (χ0n) is 10.1. The Hall–Kier alpha value is -1.72. The minimum atomic E-state index is -0.380. The van der Waals surface area contributed by atoms with Crippen molar-refractivity contribution in [2.75, 3.05) is 5.73 Å². The Kier molecular flexibility index (Phi) is 3.31. The van der Waals surface area contributed by atoms with E-state index in [1.807, 2.05) is 0 Å². The summed E-state index contributed by atoms with van der Waals surface area (Å²) in [6.45, 7) is 0. The zero-order chi connectivity index (χ0) is 14.3. The van der Waals surface area contributed by atoms with Gasteiger partial charge in [-0.05, 0) is 34.1 Å². The predicted molar refractivity (Wildman–Crippen MR) is 82.1 cm³/mol. The fraction of sp³-hybridized carbons (Fsp3) is 0. The molecule has 3 rings (SSSR count). The van der Waals surface area contributed by atoms with E-state index in [-0.39, 0.29) is 11.3 Å². The van der Waals surface area contributed by atoms with Crippen LogP contribution < -0.4 is 5.73 Å². The van der Waals surface area contributed by atoms with Crippen molar-refractivity contribution < 1.29 is 4.39 Å². The Morgan fingerprint density at radius 3 is 2.85 bits per heavy atom. The fourth-order valence-corrected chi connectivity index (χ4v) is 2.70. The van der Waals surface area contributed by atoms with Gasteiger partial charge in [-0.15, -0.1) is 0 Å². The molecule has 6 heteroatoms. The van der Waals surface area contributed by atoms with Crippen LogP contribution in [0.2, 0.25) is 5.02 Å². The number of pyridine rings is 2. The van der Waals surface area contributed by atoms with Crippen molar-refractivity contribution in [1.82, 2.24) is 9.97 Å². The van der Waals surface area contributed by atoms with Crippen LogP contribution in [0.1, 0.15) is 0 Å². The molecular weight excluding hydrogens is 345 g/mol. The first-order valence-electron chi connectivity index (χ1n) is 5.72. The van der Waals surface area contributed by atoms with Gasteiger partial charge in [-0.3, -0.25) is 0 Å². The first kappa shape index (κ1) is 13.3. The number of rotatable bonds is 1. The van der Waals surface area contributed by atoms with Gasteiger partial charge in [0.1, 0.15) is 17.2 Å². The second kappa shape index (κ2) is 5.00. The number of hydrogen-bond donors (Lipinski definition) is 1. The van der Waals surface area contributed by atoms with E-state index in [0.717, 1.165) is 0 Å². The molecule has 0 bridgehead atoms. The van der Waals surface area contributed by atoms with Crippen LogP contribution in [-0.4, -0.2) is 9.97 Å². The molecule has 3 aromatic rings. The molecule has 0 aliphatic carbocycles. The maximum Gasteiger partial charge on any atom is 0.149 e. The van der Waals surface area contributed by atoms with Crippen LogP contribution in [-0.2, 0) is 0 Å². The van der Waals surface area contributed by atoms with Crippen LogP contribution in [0.4, 0.5) is 10.2 Å². The molecule has 0 aliphatic heterocycles. The number of benzene rings is 1. The van der Waals surface area contributed by atoms with Crippen molar-refractivity contribution >= 4 is 44.3 Å². The molecule has 0 unspecified atom stereocenters.